The summed E-state index contributed by atoms with van der Waals surface area (Å²) in [6.45, 7) is 2.52. The summed E-state index contributed by atoms with van der Waals surface area (Å²) in [4.78, 5) is 4.63. The number of hydrogen-bond donors (Lipinski definition) is 1. The number of pyridine rings is 1. The van der Waals surface area contributed by atoms with Crippen molar-refractivity contribution in [3.05, 3.63) is 42.1 Å². The van der Waals surface area contributed by atoms with Gasteiger partial charge in [-0.1, -0.05) is 24.3 Å². The van der Waals surface area contributed by atoms with Gasteiger partial charge in [0, 0.05) is 24.6 Å². The number of para-hydroxylation sites is 1. The molecule has 1 atom stereocenters. The zero-order valence-electron chi connectivity index (χ0n) is 9.73. The molecule has 0 amide bonds. The van der Waals surface area contributed by atoms with Crippen molar-refractivity contribution in [3.8, 4) is 0 Å². The highest BCUT2D eigenvalue weighted by Gasteiger charge is 2.14. The van der Waals surface area contributed by atoms with Crippen molar-refractivity contribution in [2.75, 3.05) is 13.2 Å². The highest BCUT2D eigenvalue weighted by Crippen LogP contribution is 2.12. The highest BCUT2D eigenvalue weighted by atomic mass is 16.5. The van der Waals surface area contributed by atoms with Crippen LogP contribution in [0.5, 0.6) is 0 Å². The van der Waals surface area contributed by atoms with E-state index in [1.165, 1.54) is 5.39 Å². The first kappa shape index (κ1) is 10.7. The molecular formula is C14H16N2O. The van der Waals surface area contributed by atoms with Crippen LogP contribution in [0.1, 0.15) is 12.1 Å². The lowest BCUT2D eigenvalue weighted by molar-refractivity contribution is 0.189. The fourth-order valence-corrected chi connectivity index (χ4v) is 2.15. The fourth-order valence-electron chi connectivity index (χ4n) is 2.15. The van der Waals surface area contributed by atoms with Crippen LogP contribution in [0.15, 0.2) is 36.4 Å². The average molecular weight is 228 g/mol. The summed E-state index contributed by atoms with van der Waals surface area (Å²) < 4.78 is 5.33. The van der Waals surface area contributed by atoms with Crippen molar-refractivity contribution in [2.45, 2.75) is 19.0 Å². The second-order valence-corrected chi connectivity index (χ2v) is 4.44. The van der Waals surface area contributed by atoms with E-state index in [0.717, 1.165) is 37.4 Å². The van der Waals surface area contributed by atoms with Crippen LogP contribution in [0.2, 0.25) is 0 Å². The smallest absolute Gasteiger partial charge is 0.0705 e. The molecule has 3 heteroatoms. The summed E-state index contributed by atoms with van der Waals surface area (Å²) in [7, 11) is 0. The molecule has 1 aromatic carbocycles. The average Bonchev–Trinajstić information content (AvgIpc) is 2.89. The summed E-state index contributed by atoms with van der Waals surface area (Å²) in [5.74, 6) is 0. The Balaban J connectivity index is 1.72. The molecule has 88 valence electrons. The van der Waals surface area contributed by atoms with Crippen molar-refractivity contribution < 1.29 is 4.74 Å². The molecule has 1 aliphatic rings. The lowest BCUT2D eigenvalue weighted by atomic mass is 10.2. The van der Waals surface area contributed by atoms with Gasteiger partial charge in [-0.25, -0.2) is 0 Å². The van der Waals surface area contributed by atoms with Gasteiger partial charge < -0.3 is 10.1 Å². The first-order valence-corrected chi connectivity index (χ1v) is 6.07. The van der Waals surface area contributed by atoms with Crippen molar-refractivity contribution in [1.82, 2.24) is 10.3 Å². The number of nitrogens with one attached hydrogen (secondary N) is 1. The molecule has 1 saturated heterocycles. The van der Waals surface area contributed by atoms with Crippen LogP contribution in [0.25, 0.3) is 10.9 Å². The number of ether oxygens (including phenoxy) is 1. The molecule has 17 heavy (non-hydrogen) atoms. The third-order valence-corrected chi connectivity index (χ3v) is 3.16. The number of nitrogens with zero attached hydrogens (tertiary/aromatic N) is 1. The molecule has 2 heterocycles. The molecule has 0 saturated carbocycles. The number of fused-ring (bicyclic) bond motifs is 1. The van der Waals surface area contributed by atoms with E-state index >= 15 is 0 Å². The summed E-state index contributed by atoms with van der Waals surface area (Å²) in [6.07, 6.45) is 1.10. The van der Waals surface area contributed by atoms with E-state index in [1.807, 2.05) is 12.1 Å². The van der Waals surface area contributed by atoms with E-state index in [1.54, 1.807) is 0 Å². The Morgan fingerprint density at radius 1 is 1.24 bits per heavy atom. The van der Waals surface area contributed by atoms with E-state index in [-0.39, 0.29) is 0 Å². The van der Waals surface area contributed by atoms with E-state index in [0.29, 0.717) is 6.04 Å². The molecule has 3 rings (SSSR count). The van der Waals surface area contributed by atoms with Gasteiger partial charge in [0.25, 0.3) is 0 Å². The Hall–Kier alpha value is -1.45. The van der Waals surface area contributed by atoms with Crippen molar-refractivity contribution >= 4 is 10.9 Å². The standard InChI is InChI=1S/C14H16N2O/c1-2-4-14-11(3-1)5-6-12(16-14)9-15-13-7-8-17-10-13/h1-6,13,15H,7-10H2. The molecule has 0 aliphatic carbocycles. The van der Waals surface area contributed by atoms with Gasteiger partial charge in [-0.3, -0.25) is 4.98 Å². The van der Waals surface area contributed by atoms with Gasteiger partial charge in [0.2, 0.25) is 0 Å². The molecule has 0 bridgehead atoms. The van der Waals surface area contributed by atoms with E-state index in [4.69, 9.17) is 4.74 Å². The Bertz CT molecular complexity index is 506. The summed E-state index contributed by atoms with van der Waals surface area (Å²) in [6, 6.07) is 12.9. The quantitative estimate of drug-likeness (QED) is 0.873. The molecule has 0 radical (unpaired) electrons. The minimum atomic E-state index is 0.489. The molecule has 1 fully saturated rings. The van der Waals surface area contributed by atoms with Crippen molar-refractivity contribution in [2.24, 2.45) is 0 Å². The van der Waals surface area contributed by atoms with Crippen LogP contribution in [0.4, 0.5) is 0 Å². The van der Waals surface area contributed by atoms with Crippen LogP contribution in [-0.2, 0) is 11.3 Å². The maximum absolute atomic E-state index is 5.33. The van der Waals surface area contributed by atoms with Crippen LogP contribution >= 0.6 is 0 Å². The monoisotopic (exact) mass is 228 g/mol. The van der Waals surface area contributed by atoms with Gasteiger partial charge >= 0.3 is 0 Å². The molecule has 3 nitrogen and oxygen atoms in total. The summed E-state index contributed by atoms with van der Waals surface area (Å²) in [5.41, 5.74) is 2.16. The largest absolute Gasteiger partial charge is 0.380 e. The normalized spacial score (nSPS) is 19.9. The molecular weight excluding hydrogens is 212 g/mol. The van der Waals surface area contributed by atoms with Crippen LogP contribution < -0.4 is 5.32 Å². The van der Waals surface area contributed by atoms with Crippen molar-refractivity contribution in [1.29, 1.82) is 0 Å². The minimum absolute atomic E-state index is 0.489. The predicted octanol–water partition coefficient (Wildman–Crippen LogP) is 2.11. The zero-order chi connectivity index (χ0) is 11.5. The Morgan fingerprint density at radius 3 is 3.06 bits per heavy atom. The van der Waals surface area contributed by atoms with Gasteiger partial charge in [0.1, 0.15) is 0 Å². The second kappa shape index (κ2) is 4.82. The third-order valence-electron chi connectivity index (χ3n) is 3.16. The first-order chi connectivity index (χ1) is 8.42. The Kier molecular flexibility index (Phi) is 3.03. The maximum Gasteiger partial charge on any atom is 0.0705 e. The highest BCUT2D eigenvalue weighted by molar-refractivity contribution is 5.78. The number of aromatic nitrogens is 1. The molecule has 1 N–H and O–H groups in total. The Morgan fingerprint density at radius 2 is 2.18 bits per heavy atom. The SMILES string of the molecule is c1ccc2nc(CNC3CCOC3)ccc2c1. The minimum Gasteiger partial charge on any atom is -0.380 e. The topological polar surface area (TPSA) is 34.2 Å². The summed E-state index contributed by atoms with van der Waals surface area (Å²) in [5, 5.41) is 4.67. The van der Waals surface area contributed by atoms with Crippen LogP contribution in [-0.4, -0.2) is 24.2 Å². The molecule has 1 aromatic heterocycles. The Labute approximate surface area is 101 Å². The molecule has 1 unspecified atom stereocenters. The van der Waals surface area contributed by atoms with Gasteiger partial charge in [-0.2, -0.15) is 0 Å². The molecule has 1 aliphatic heterocycles. The second-order valence-electron chi connectivity index (χ2n) is 4.44. The van der Waals surface area contributed by atoms with Gasteiger partial charge in [-0.15, -0.1) is 0 Å². The predicted molar refractivity (Wildman–Crippen MR) is 67.8 cm³/mol. The van der Waals surface area contributed by atoms with E-state index in [9.17, 15) is 0 Å². The van der Waals surface area contributed by atoms with E-state index < -0.39 is 0 Å². The van der Waals surface area contributed by atoms with Crippen molar-refractivity contribution in [3.63, 3.8) is 0 Å². The maximum atomic E-state index is 5.33. The number of benzene rings is 1. The molecule has 2 aromatic rings. The lowest BCUT2D eigenvalue weighted by Gasteiger charge is -2.10. The number of rotatable bonds is 3. The molecule has 0 spiro atoms. The first-order valence-electron chi connectivity index (χ1n) is 6.07. The van der Waals surface area contributed by atoms with Gasteiger partial charge in [0.15, 0.2) is 0 Å². The zero-order valence-corrected chi connectivity index (χ0v) is 9.73. The third kappa shape index (κ3) is 2.46. The van der Waals surface area contributed by atoms with Crippen LogP contribution in [0.3, 0.4) is 0 Å². The van der Waals surface area contributed by atoms with Crippen LogP contribution in [0, 0.1) is 0 Å². The van der Waals surface area contributed by atoms with Gasteiger partial charge in [-0.05, 0) is 18.6 Å². The fraction of sp³-hybridized carbons (Fsp3) is 0.357. The van der Waals surface area contributed by atoms with E-state index in [2.05, 4.69) is 34.6 Å². The summed E-state index contributed by atoms with van der Waals surface area (Å²) >= 11 is 0. The van der Waals surface area contributed by atoms with Gasteiger partial charge in [0.05, 0.1) is 17.8 Å². The number of hydrogen-bond acceptors (Lipinski definition) is 3. The lowest BCUT2D eigenvalue weighted by Crippen LogP contribution is -2.28.